The lowest BCUT2D eigenvalue weighted by atomic mass is 10.3. The van der Waals surface area contributed by atoms with Gasteiger partial charge in [0.05, 0.1) is 4.47 Å². The zero-order valence-corrected chi connectivity index (χ0v) is 11.8. The third-order valence-electron chi connectivity index (χ3n) is 2.66. The van der Waals surface area contributed by atoms with Crippen LogP contribution < -0.4 is 5.73 Å². The molecule has 0 spiro atoms. The Balaban J connectivity index is 2.50. The van der Waals surface area contributed by atoms with Crippen molar-refractivity contribution in [2.75, 3.05) is 18.8 Å². The zero-order valence-electron chi connectivity index (χ0n) is 9.44. The van der Waals surface area contributed by atoms with Gasteiger partial charge in [-0.15, -0.1) is 0 Å². The van der Waals surface area contributed by atoms with Crippen LogP contribution in [0.5, 0.6) is 0 Å². The molecule has 2 N–H and O–H groups in total. The van der Waals surface area contributed by atoms with Crippen molar-refractivity contribution in [2.24, 2.45) is 0 Å². The second-order valence-corrected chi connectivity index (χ2v) is 6.70. The Morgan fingerprint density at radius 1 is 1.33 bits per heavy atom. The van der Waals surface area contributed by atoms with Gasteiger partial charge in [-0.2, -0.15) is 4.31 Å². The van der Waals surface area contributed by atoms with Crippen molar-refractivity contribution >= 4 is 31.6 Å². The highest BCUT2D eigenvalue weighted by Crippen LogP contribution is 2.28. The highest BCUT2D eigenvalue weighted by atomic mass is 79.9. The molecule has 0 radical (unpaired) electrons. The summed E-state index contributed by atoms with van der Waals surface area (Å²) in [6.45, 7) is 0.610. The van der Waals surface area contributed by atoms with Gasteiger partial charge in [-0.25, -0.2) is 12.8 Å². The molecule has 1 heterocycles. The van der Waals surface area contributed by atoms with Crippen molar-refractivity contribution in [3.8, 4) is 0 Å². The van der Waals surface area contributed by atoms with Crippen LogP contribution in [0.15, 0.2) is 33.7 Å². The minimum atomic E-state index is -3.84. The van der Waals surface area contributed by atoms with Gasteiger partial charge in [0, 0.05) is 18.8 Å². The minimum absolute atomic E-state index is 0.0497. The third-order valence-corrected chi connectivity index (χ3v) is 5.10. The molecule has 98 valence electrons. The van der Waals surface area contributed by atoms with Crippen molar-refractivity contribution in [3.63, 3.8) is 0 Å². The Bertz CT molecular complexity index is 601. The molecule has 0 atom stereocenters. The molecule has 7 heteroatoms. The molecule has 0 amide bonds. The Labute approximate surface area is 113 Å². The van der Waals surface area contributed by atoms with Crippen LogP contribution in [0.3, 0.4) is 0 Å². The predicted octanol–water partition coefficient (Wildman–Crippen LogP) is 2.12. The van der Waals surface area contributed by atoms with E-state index in [0.717, 1.165) is 6.07 Å². The van der Waals surface area contributed by atoms with E-state index in [1.807, 2.05) is 6.08 Å². The van der Waals surface area contributed by atoms with E-state index in [9.17, 15) is 12.8 Å². The Morgan fingerprint density at radius 3 is 2.67 bits per heavy atom. The summed E-state index contributed by atoms with van der Waals surface area (Å²) >= 11 is 2.96. The van der Waals surface area contributed by atoms with Gasteiger partial charge < -0.3 is 5.73 Å². The van der Waals surface area contributed by atoms with Gasteiger partial charge in [-0.1, -0.05) is 12.2 Å². The van der Waals surface area contributed by atoms with Gasteiger partial charge in [0.1, 0.15) is 4.90 Å². The van der Waals surface area contributed by atoms with Gasteiger partial charge >= 0.3 is 0 Å². The molecule has 1 aliphatic rings. The molecule has 0 saturated carbocycles. The van der Waals surface area contributed by atoms with Crippen LogP contribution in [0.25, 0.3) is 0 Å². The van der Waals surface area contributed by atoms with E-state index in [1.54, 1.807) is 6.08 Å². The first-order valence-electron chi connectivity index (χ1n) is 5.32. The van der Waals surface area contributed by atoms with E-state index in [0.29, 0.717) is 13.0 Å². The molecule has 1 aromatic rings. The summed E-state index contributed by atoms with van der Waals surface area (Å²) in [5, 5.41) is 0. The summed E-state index contributed by atoms with van der Waals surface area (Å²) in [5.41, 5.74) is 5.76. The second kappa shape index (κ2) is 4.99. The molecule has 0 bridgehead atoms. The van der Waals surface area contributed by atoms with Crippen LogP contribution in [0.1, 0.15) is 6.42 Å². The van der Waals surface area contributed by atoms with E-state index < -0.39 is 15.8 Å². The molecule has 18 heavy (non-hydrogen) atoms. The lowest BCUT2D eigenvalue weighted by Crippen LogP contribution is -2.34. The molecule has 2 rings (SSSR count). The highest BCUT2D eigenvalue weighted by Gasteiger charge is 2.28. The largest absolute Gasteiger partial charge is 0.399 e. The summed E-state index contributed by atoms with van der Waals surface area (Å²) in [6, 6.07) is 2.48. The van der Waals surface area contributed by atoms with Crippen LogP contribution in [-0.2, 0) is 10.0 Å². The maximum absolute atomic E-state index is 13.9. The van der Waals surface area contributed by atoms with Gasteiger partial charge in [-0.3, -0.25) is 0 Å². The maximum Gasteiger partial charge on any atom is 0.246 e. The van der Waals surface area contributed by atoms with Crippen LogP contribution >= 0.6 is 15.9 Å². The molecule has 1 aromatic carbocycles. The average molecular weight is 335 g/mol. The Kier molecular flexibility index (Phi) is 3.74. The number of anilines is 1. The number of nitrogens with two attached hydrogens (primary N) is 1. The summed E-state index contributed by atoms with van der Waals surface area (Å²) in [4.78, 5) is -0.385. The number of hydrogen-bond acceptors (Lipinski definition) is 3. The first-order valence-corrected chi connectivity index (χ1v) is 7.56. The highest BCUT2D eigenvalue weighted by molar-refractivity contribution is 9.10. The lowest BCUT2D eigenvalue weighted by Gasteiger charge is -2.23. The summed E-state index contributed by atoms with van der Waals surface area (Å²) < 4.78 is 39.8. The molecule has 4 nitrogen and oxygen atoms in total. The van der Waals surface area contributed by atoms with E-state index in [-0.39, 0.29) is 21.6 Å². The number of hydrogen-bond donors (Lipinski definition) is 1. The van der Waals surface area contributed by atoms with Crippen LogP contribution in [-0.4, -0.2) is 25.8 Å². The second-order valence-electron chi connectivity index (χ2n) is 3.94. The fraction of sp³-hybridized carbons (Fsp3) is 0.273. The molecule has 0 aliphatic carbocycles. The van der Waals surface area contributed by atoms with E-state index in [2.05, 4.69) is 15.9 Å². The zero-order chi connectivity index (χ0) is 13.3. The molecule has 0 aromatic heterocycles. The molecular formula is C11H12BrFN2O2S. The monoisotopic (exact) mass is 334 g/mol. The Hall–Kier alpha value is -0.920. The number of sulfonamides is 1. The summed E-state index contributed by atoms with van der Waals surface area (Å²) in [6.07, 6.45) is 4.28. The maximum atomic E-state index is 13.9. The predicted molar refractivity (Wildman–Crippen MR) is 71.0 cm³/mol. The SMILES string of the molecule is Nc1cc(Br)c(F)c(S(=O)(=O)N2CC=CCC2)c1. The number of rotatable bonds is 2. The first-order chi connectivity index (χ1) is 8.43. The fourth-order valence-corrected chi connectivity index (χ4v) is 3.89. The summed E-state index contributed by atoms with van der Waals surface area (Å²) in [7, 11) is -3.84. The number of benzene rings is 1. The van der Waals surface area contributed by atoms with Crippen LogP contribution in [0, 0.1) is 5.82 Å². The quantitative estimate of drug-likeness (QED) is 0.665. The van der Waals surface area contributed by atoms with Crippen LogP contribution in [0.4, 0.5) is 10.1 Å². The lowest BCUT2D eigenvalue weighted by molar-refractivity contribution is 0.432. The van der Waals surface area contributed by atoms with Gasteiger partial charge in [-0.05, 0) is 34.5 Å². The number of nitrogen functional groups attached to an aromatic ring is 1. The average Bonchev–Trinajstić information content (AvgIpc) is 2.34. The first kappa shape index (κ1) is 13.5. The van der Waals surface area contributed by atoms with Crippen LogP contribution in [0.2, 0.25) is 0 Å². The molecule has 0 unspecified atom stereocenters. The third kappa shape index (κ3) is 2.43. The standard InChI is InChI=1S/C11H12BrFN2O2S/c12-9-6-8(14)7-10(11(9)13)18(16,17)15-4-2-1-3-5-15/h1-2,6-7H,3-5,14H2. The number of nitrogens with zero attached hydrogens (tertiary/aromatic N) is 1. The topological polar surface area (TPSA) is 63.4 Å². The van der Waals surface area contributed by atoms with E-state index in [4.69, 9.17) is 5.73 Å². The van der Waals surface area contributed by atoms with E-state index >= 15 is 0 Å². The normalized spacial score (nSPS) is 17.0. The van der Waals surface area contributed by atoms with Crippen molar-refractivity contribution in [2.45, 2.75) is 11.3 Å². The van der Waals surface area contributed by atoms with Gasteiger partial charge in [0.2, 0.25) is 10.0 Å². The van der Waals surface area contributed by atoms with Crippen molar-refractivity contribution in [1.29, 1.82) is 0 Å². The Morgan fingerprint density at radius 2 is 2.06 bits per heavy atom. The molecule has 0 saturated heterocycles. The minimum Gasteiger partial charge on any atom is -0.399 e. The number of halogens is 2. The van der Waals surface area contributed by atoms with Gasteiger partial charge in [0.15, 0.2) is 5.82 Å². The van der Waals surface area contributed by atoms with E-state index in [1.165, 1.54) is 10.4 Å². The molecule has 0 fully saturated rings. The van der Waals surface area contributed by atoms with Crippen molar-refractivity contribution in [1.82, 2.24) is 4.31 Å². The fourth-order valence-electron chi connectivity index (χ4n) is 1.75. The smallest absolute Gasteiger partial charge is 0.246 e. The summed E-state index contributed by atoms with van der Waals surface area (Å²) in [5.74, 6) is -0.807. The molecule has 1 aliphatic heterocycles. The van der Waals surface area contributed by atoms with Gasteiger partial charge in [0.25, 0.3) is 0 Å². The van der Waals surface area contributed by atoms with Crippen molar-refractivity contribution in [3.05, 3.63) is 34.6 Å². The molecular weight excluding hydrogens is 323 g/mol. The van der Waals surface area contributed by atoms with Crippen molar-refractivity contribution < 1.29 is 12.8 Å².